The molecule has 8 nitrogen and oxygen atoms in total. The summed E-state index contributed by atoms with van der Waals surface area (Å²) in [5.74, 6) is 0. The molecule has 1 fully saturated rings. The van der Waals surface area contributed by atoms with Crippen molar-refractivity contribution < 1.29 is 32.1 Å². The molecule has 1 aliphatic heterocycles. The summed E-state index contributed by atoms with van der Waals surface area (Å²) in [6.07, 6.45) is -3.54. The summed E-state index contributed by atoms with van der Waals surface area (Å²) in [5.41, 5.74) is 2.87. The maximum absolute atomic E-state index is 14.7. The van der Waals surface area contributed by atoms with Gasteiger partial charge >= 0.3 is 0 Å². The van der Waals surface area contributed by atoms with Crippen molar-refractivity contribution in [2.75, 3.05) is 6.61 Å². The van der Waals surface area contributed by atoms with Gasteiger partial charge in [0.15, 0.2) is 5.44 Å². The highest BCUT2D eigenvalue weighted by atomic mass is 32.2. The molecule has 1 aromatic heterocycles. The molecule has 6 aromatic rings. The molecule has 5 aromatic carbocycles. The predicted octanol–water partition coefficient (Wildman–Crippen LogP) is 7.77. The van der Waals surface area contributed by atoms with E-state index in [-0.39, 0.29) is 30.8 Å². The molecule has 0 bridgehead atoms. The minimum absolute atomic E-state index is 0.0450. The molecule has 0 spiro atoms. The van der Waals surface area contributed by atoms with Crippen molar-refractivity contribution in [1.29, 1.82) is 0 Å². The third-order valence-corrected chi connectivity index (χ3v) is 12.0. The Bertz CT molecular complexity index is 2030. The summed E-state index contributed by atoms with van der Waals surface area (Å²) in [5, 5.41) is 0. The molecule has 7 rings (SSSR count). The van der Waals surface area contributed by atoms with Crippen molar-refractivity contribution >= 4 is 31.4 Å². The van der Waals surface area contributed by atoms with Crippen LogP contribution in [0, 0.1) is 0 Å². The number of para-hydroxylation sites is 1. The van der Waals surface area contributed by atoms with Crippen LogP contribution in [0.2, 0.25) is 0 Å². The third kappa shape index (κ3) is 8.80. The van der Waals surface area contributed by atoms with Crippen LogP contribution in [0.5, 0.6) is 0 Å². The van der Waals surface area contributed by atoms with Crippen LogP contribution in [-0.2, 0) is 59.9 Å². The molecule has 1 aliphatic rings. The Morgan fingerprint density at radius 3 is 1.53 bits per heavy atom. The second-order valence-electron chi connectivity index (χ2n) is 12.3. The molecule has 0 saturated carbocycles. The average molecular weight is 722 g/mol. The van der Waals surface area contributed by atoms with E-state index in [1.807, 2.05) is 140 Å². The Balaban J connectivity index is 1.27. The lowest BCUT2D eigenvalue weighted by Gasteiger charge is -2.45. The minimum atomic E-state index is -4.22. The van der Waals surface area contributed by atoms with Gasteiger partial charge in [0.2, 0.25) is 14.2 Å². The van der Waals surface area contributed by atoms with Gasteiger partial charge in [0, 0.05) is 0 Å². The molecule has 262 valence electrons. The zero-order valence-corrected chi connectivity index (χ0v) is 29.5. The topological polar surface area (TPSA) is 93.2 Å². The number of hydrogen-bond acceptors (Lipinski definition) is 9. The molecule has 1 saturated heterocycles. The van der Waals surface area contributed by atoms with Crippen LogP contribution in [0.25, 0.3) is 10.2 Å². The van der Waals surface area contributed by atoms with Crippen LogP contribution in [0.4, 0.5) is 0 Å². The van der Waals surface area contributed by atoms with Crippen molar-refractivity contribution in [1.82, 2.24) is 4.98 Å². The molecule has 0 amide bonds. The number of ether oxygens (including phenoxy) is 5. The standard InChI is InChI=1S/C41H39NO7S2/c43-51(44,41-42-34-23-13-14-24-36(34)50-41)40-39(48-28-33-21-11-4-12-22-33)38(47-27-32-19-9-3-10-20-32)37(46-26-31-17-7-2-8-18-31)35(49-40)29-45-25-30-15-5-1-6-16-30/h1-24,35,37-40H,25-29H2/t35-,37-,38+,39+,40?/m1/s1. The fourth-order valence-corrected chi connectivity index (χ4v) is 9.08. The largest absolute Gasteiger partial charge is 0.374 e. The number of hydrogen-bond donors (Lipinski definition) is 0. The molecule has 1 unspecified atom stereocenters. The first-order valence-corrected chi connectivity index (χ1v) is 19.2. The average Bonchev–Trinajstić information content (AvgIpc) is 3.63. The Labute approximate surface area is 302 Å². The molecular formula is C41H39NO7S2. The fourth-order valence-electron chi connectivity index (χ4n) is 6.07. The van der Waals surface area contributed by atoms with E-state index in [1.165, 1.54) is 0 Å². The third-order valence-electron chi connectivity index (χ3n) is 8.66. The Morgan fingerprint density at radius 2 is 1.00 bits per heavy atom. The summed E-state index contributed by atoms with van der Waals surface area (Å²) < 4.78 is 63.0. The predicted molar refractivity (Wildman–Crippen MR) is 197 cm³/mol. The summed E-state index contributed by atoms with van der Waals surface area (Å²) in [4.78, 5) is 4.54. The maximum Gasteiger partial charge on any atom is 0.234 e. The molecular weight excluding hydrogens is 683 g/mol. The van der Waals surface area contributed by atoms with Crippen LogP contribution >= 0.6 is 11.3 Å². The molecule has 0 N–H and O–H groups in total. The number of thiazole rings is 1. The molecule has 2 heterocycles. The SMILES string of the molecule is O=S(=O)(c1nc2ccccc2s1)C1O[C@H](COCc2ccccc2)[C@@H](OCc2ccccc2)[C@H](OCc2ccccc2)[C@@H]1OCc1ccccc1. The van der Waals surface area contributed by atoms with Gasteiger partial charge in [-0.15, -0.1) is 11.3 Å². The van der Waals surface area contributed by atoms with Crippen molar-refractivity contribution in [3.8, 4) is 0 Å². The fraction of sp³-hybridized carbons (Fsp3) is 0.244. The maximum atomic E-state index is 14.7. The van der Waals surface area contributed by atoms with Gasteiger partial charge in [-0.3, -0.25) is 0 Å². The quantitative estimate of drug-likeness (QED) is 0.106. The number of aromatic nitrogens is 1. The van der Waals surface area contributed by atoms with Crippen LogP contribution < -0.4 is 0 Å². The number of rotatable bonds is 15. The van der Waals surface area contributed by atoms with E-state index < -0.39 is 39.7 Å². The van der Waals surface area contributed by atoms with E-state index in [9.17, 15) is 8.42 Å². The summed E-state index contributed by atoms with van der Waals surface area (Å²) >= 11 is 1.11. The minimum Gasteiger partial charge on any atom is -0.374 e. The van der Waals surface area contributed by atoms with Gasteiger partial charge in [-0.1, -0.05) is 133 Å². The van der Waals surface area contributed by atoms with Gasteiger partial charge in [-0.05, 0) is 34.4 Å². The van der Waals surface area contributed by atoms with Gasteiger partial charge < -0.3 is 23.7 Å². The van der Waals surface area contributed by atoms with Crippen molar-refractivity contribution in [2.24, 2.45) is 0 Å². The second kappa shape index (κ2) is 16.8. The monoisotopic (exact) mass is 721 g/mol. The molecule has 10 heteroatoms. The van der Waals surface area contributed by atoms with Gasteiger partial charge in [0.1, 0.15) is 24.4 Å². The zero-order chi connectivity index (χ0) is 34.9. The first-order chi connectivity index (χ1) is 25.0. The van der Waals surface area contributed by atoms with E-state index in [4.69, 9.17) is 23.7 Å². The number of sulfone groups is 1. The highest BCUT2D eigenvalue weighted by Gasteiger charge is 2.54. The molecule has 51 heavy (non-hydrogen) atoms. The van der Waals surface area contributed by atoms with Gasteiger partial charge in [-0.25, -0.2) is 13.4 Å². The zero-order valence-electron chi connectivity index (χ0n) is 27.9. The smallest absolute Gasteiger partial charge is 0.234 e. The van der Waals surface area contributed by atoms with E-state index in [2.05, 4.69) is 4.98 Å². The van der Waals surface area contributed by atoms with Crippen molar-refractivity contribution in [3.63, 3.8) is 0 Å². The summed E-state index contributed by atoms with van der Waals surface area (Å²) in [6.45, 7) is 0.942. The summed E-state index contributed by atoms with van der Waals surface area (Å²) in [6, 6.07) is 46.4. The lowest BCUT2D eigenvalue weighted by molar-refractivity contribution is -0.256. The Morgan fingerprint density at radius 1 is 0.549 bits per heavy atom. The normalized spacial score (nSPS) is 20.7. The Kier molecular flexibility index (Phi) is 11.6. The van der Waals surface area contributed by atoms with Gasteiger partial charge in [-0.2, -0.15) is 0 Å². The van der Waals surface area contributed by atoms with Crippen LogP contribution in [0.1, 0.15) is 22.3 Å². The first kappa shape index (κ1) is 35.2. The summed E-state index contributed by atoms with van der Waals surface area (Å²) in [7, 11) is -4.22. The number of nitrogens with zero attached hydrogens (tertiary/aromatic N) is 1. The van der Waals surface area contributed by atoms with E-state index in [1.54, 1.807) is 6.07 Å². The first-order valence-electron chi connectivity index (χ1n) is 16.9. The molecule has 0 aliphatic carbocycles. The van der Waals surface area contributed by atoms with Crippen molar-refractivity contribution in [2.45, 2.75) is 60.6 Å². The van der Waals surface area contributed by atoms with E-state index >= 15 is 0 Å². The van der Waals surface area contributed by atoms with Gasteiger partial charge in [0.25, 0.3) is 0 Å². The lowest BCUT2D eigenvalue weighted by atomic mass is 9.98. The Hall–Kier alpha value is -4.26. The van der Waals surface area contributed by atoms with Crippen molar-refractivity contribution in [3.05, 3.63) is 168 Å². The lowest BCUT2D eigenvalue weighted by Crippen LogP contribution is -2.62. The van der Waals surface area contributed by atoms with E-state index in [0.29, 0.717) is 12.1 Å². The van der Waals surface area contributed by atoms with E-state index in [0.717, 1.165) is 38.3 Å². The molecule has 0 radical (unpaired) electrons. The van der Waals surface area contributed by atoms with Gasteiger partial charge in [0.05, 0.1) is 43.3 Å². The highest BCUT2D eigenvalue weighted by Crippen LogP contribution is 2.37. The second-order valence-corrected chi connectivity index (χ2v) is 15.6. The highest BCUT2D eigenvalue weighted by molar-refractivity contribution is 7.94. The van der Waals surface area contributed by atoms with Crippen LogP contribution in [0.15, 0.2) is 150 Å². The molecule has 5 atom stereocenters. The van der Waals surface area contributed by atoms with Crippen LogP contribution in [-0.4, -0.2) is 49.9 Å². The number of fused-ring (bicyclic) bond motifs is 1. The number of benzene rings is 5. The van der Waals surface area contributed by atoms with Crippen LogP contribution in [0.3, 0.4) is 0 Å².